The Kier molecular flexibility index (Phi) is 4.96. The highest BCUT2D eigenvalue weighted by atomic mass is 32.1. The summed E-state index contributed by atoms with van der Waals surface area (Å²) in [4.78, 5) is 38.7. The maximum absolute atomic E-state index is 12.3. The molecule has 0 spiro atoms. The molecule has 1 saturated heterocycles. The summed E-state index contributed by atoms with van der Waals surface area (Å²) in [5.41, 5.74) is 5.43. The zero-order chi connectivity index (χ0) is 16.9. The summed E-state index contributed by atoms with van der Waals surface area (Å²) in [5, 5.41) is 0.779. The number of rotatable bonds is 3. The second kappa shape index (κ2) is 7.32. The Morgan fingerprint density at radius 2 is 1.96 bits per heavy atom. The molecule has 0 bridgehead atoms. The van der Waals surface area contributed by atoms with Crippen LogP contribution in [0.15, 0.2) is 18.6 Å². The number of morpholine rings is 1. The third-order valence-corrected chi connectivity index (χ3v) is 4.58. The van der Waals surface area contributed by atoms with E-state index in [1.807, 2.05) is 0 Å². The van der Waals surface area contributed by atoms with Crippen LogP contribution in [0.2, 0.25) is 0 Å². The molecule has 0 saturated carbocycles. The van der Waals surface area contributed by atoms with Crippen molar-refractivity contribution in [2.45, 2.75) is 6.92 Å². The van der Waals surface area contributed by atoms with Crippen LogP contribution in [0.3, 0.4) is 0 Å². The largest absolute Gasteiger partial charge is 0.378 e. The van der Waals surface area contributed by atoms with Crippen LogP contribution in [0.5, 0.6) is 0 Å². The van der Waals surface area contributed by atoms with Crippen molar-refractivity contribution in [3.8, 4) is 0 Å². The van der Waals surface area contributed by atoms with Gasteiger partial charge in [-0.05, 0) is 6.92 Å². The SMILES string of the molecule is Cc1nc(N2CCOCC2)sc1C(=O)NNC(=O)c1cnccn1. The summed E-state index contributed by atoms with van der Waals surface area (Å²) in [6.07, 6.45) is 4.18. The molecule has 1 fully saturated rings. The number of nitrogens with zero attached hydrogens (tertiary/aromatic N) is 4. The molecule has 1 aliphatic heterocycles. The van der Waals surface area contributed by atoms with E-state index in [4.69, 9.17) is 4.74 Å². The van der Waals surface area contributed by atoms with Gasteiger partial charge in [0.25, 0.3) is 11.8 Å². The van der Waals surface area contributed by atoms with Crippen molar-refractivity contribution in [3.63, 3.8) is 0 Å². The van der Waals surface area contributed by atoms with Crippen LogP contribution in [0.1, 0.15) is 25.9 Å². The smallest absolute Gasteiger partial charge is 0.289 e. The third kappa shape index (κ3) is 3.66. The number of ether oxygens (including phenoxy) is 1. The molecule has 2 N–H and O–H groups in total. The van der Waals surface area contributed by atoms with E-state index in [0.717, 1.165) is 18.2 Å². The summed E-state index contributed by atoms with van der Waals surface area (Å²) in [5.74, 6) is -0.950. The lowest BCUT2D eigenvalue weighted by atomic mass is 10.4. The van der Waals surface area contributed by atoms with Gasteiger partial charge in [-0.25, -0.2) is 9.97 Å². The van der Waals surface area contributed by atoms with Crippen LogP contribution < -0.4 is 15.8 Å². The standard InChI is InChI=1S/C14H16N6O3S/c1-9-11(24-14(17-9)20-4-6-23-7-5-20)13(22)19-18-12(21)10-8-15-2-3-16-10/h2-3,8H,4-7H2,1H3,(H,18,21)(H,19,22). The van der Waals surface area contributed by atoms with Crippen molar-refractivity contribution in [1.82, 2.24) is 25.8 Å². The van der Waals surface area contributed by atoms with Crippen LogP contribution in [0.4, 0.5) is 5.13 Å². The fourth-order valence-electron chi connectivity index (χ4n) is 2.13. The van der Waals surface area contributed by atoms with Gasteiger partial charge >= 0.3 is 0 Å². The Bertz CT molecular complexity index is 729. The molecule has 2 aromatic heterocycles. The third-order valence-electron chi connectivity index (χ3n) is 3.36. The van der Waals surface area contributed by atoms with E-state index in [1.165, 1.54) is 29.9 Å². The van der Waals surface area contributed by atoms with Gasteiger partial charge in [-0.2, -0.15) is 0 Å². The number of carbonyl (C=O) groups excluding carboxylic acids is 2. The Balaban J connectivity index is 1.62. The fraction of sp³-hybridized carbons (Fsp3) is 0.357. The second-order valence-electron chi connectivity index (χ2n) is 5.01. The average Bonchev–Trinajstić information content (AvgIpc) is 3.03. The zero-order valence-corrected chi connectivity index (χ0v) is 13.8. The summed E-state index contributed by atoms with van der Waals surface area (Å²) >= 11 is 1.29. The highest BCUT2D eigenvalue weighted by Crippen LogP contribution is 2.26. The number of thiazole rings is 1. The molecule has 0 radical (unpaired) electrons. The Morgan fingerprint density at radius 3 is 2.67 bits per heavy atom. The number of aromatic nitrogens is 3. The predicted octanol–water partition coefficient (Wildman–Crippen LogP) is 0.153. The zero-order valence-electron chi connectivity index (χ0n) is 13.0. The van der Waals surface area contributed by atoms with Gasteiger partial charge in [0, 0.05) is 25.5 Å². The first-order valence-electron chi connectivity index (χ1n) is 7.32. The Hall–Kier alpha value is -2.59. The average molecular weight is 348 g/mol. The molecular weight excluding hydrogens is 332 g/mol. The van der Waals surface area contributed by atoms with Gasteiger partial charge in [0.05, 0.1) is 25.1 Å². The minimum absolute atomic E-state index is 0.118. The van der Waals surface area contributed by atoms with E-state index in [1.54, 1.807) is 6.92 Å². The van der Waals surface area contributed by atoms with Crippen LogP contribution >= 0.6 is 11.3 Å². The van der Waals surface area contributed by atoms with Crippen molar-refractivity contribution in [3.05, 3.63) is 34.9 Å². The van der Waals surface area contributed by atoms with Crippen LogP contribution in [0.25, 0.3) is 0 Å². The van der Waals surface area contributed by atoms with E-state index >= 15 is 0 Å². The molecule has 9 nitrogen and oxygen atoms in total. The summed E-state index contributed by atoms with van der Waals surface area (Å²) in [7, 11) is 0. The van der Waals surface area contributed by atoms with Gasteiger partial charge in [-0.3, -0.25) is 25.4 Å². The molecule has 2 amide bonds. The molecule has 0 aliphatic carbocycles. The number of aryl methyl sites for hydroxylation is 1. The van der Waals surface area contributed by atoms with Gasteiger partial charge in [0.15, 0.2) is 5.13 Å². The van der Waals surface area contributed by atoms with Gasteiger partial charge in [0.2, 0.25) is 0 Å². The van der Waals surface area contributed by atoms with Crippen molar-refractivity contribution >= 4 is 28.3 Å². The molecular formula is C14H16N6O3S. The molecule has 0 aromatic carbocycles. The van der Waals surface area contributed by atoms with Crippen molar-refractivity contribution < 1.29 is 14.3 Å². The maximum Gasteiger partial charge on any atom is 0.289 e. The number of anilines is 1. The lowest BCUT2D eigenvalue weighted by Crippen LogP contribution is -2.41. The lowest BCUT2D eigenvalue weighted by Gasteiger charge is -2.25. The lowest BCUT2D eigenvalue weighted by molar-refractivity contribution is 0.0845. The normalized spacial score (nSPS) is 14.3. The predicted molar refractivity (Wildman–Crippen MR) is 86.8 cm³/mol. The second-order valence-corrected chi connectivity index (χ2v) is 5.99. The number of amides is 2. The number of hydrogen-bond acceptors (Lipinski definition) is 8. The monoisotopic (exact) mass is 348 g/mol. The van der Waals surface area contributed by atoms with Gasteiger partial charge < -0.3 is 9.64 Å². The van der Waals surface area contributed by atoms with E-state index in [0.29, 0.717) is 23.8 Å². The highest BCUT2D eigenvalue weighted by molar-refractivity contribution is 7.17. The summed E-state index contributed by atoms with van der Waals surface area (Å²) in [6.45, 7) is 4.55. The van der Waals surface area contributed by atoms with E-state index in [9.17, 15) is 9.59 Å². The first-order chi connectivity index (χ1) is 11.6. The Morgan fingerprint density at radius 1 is 1.21 bits per heavy atom. The Labute approximate surface area is 142 Å². The number of nitrogens with one attached hydrogen (secondary N) is 2. The van der Waals surface area contributed by atoms with Crippen LogP contribution in [-0.2, 0) is 4.74 Å². The van der Waals surface area contributed by atoms with E-state index < -0.39 is 11.8 Å². The minimum Gasteiger partial charge on any atom is -0.378 e. The molecule has 10 heteroatoms. The van der Waals surface area contributed by atoms with E-state index in [-0.39, 0.29) is 5.69 Å². The number of carbonyl (C=O) groups is 2. The summed E-state index contributed by atoms with van der Waals surface area (Å²) in [6, 6.07) is 0. The van der Waals surface area contributed by atoms with Crippen LogP contribution in [0, 0.1) is 6.92 Å². The van der Waals surface area contributed by atoms with Gasteiger partial charge in [-0.1, -0.05) is 11.3 Å². The minimum atomic E-state index is -0.535. The molecule has 24 heavy (non-hydrogen) atoms. The fourth-order valence-corrected chi connectivity index (χ4v) is 3.15. The first kappa shape index (κ1) is 16.3. The molecule has 1 aliphatic rings. The van der Waals surface area contributed by atoms with Crippen LogP contribution in [-0.4, -0.2) is 53.1 Å². The van der Waals surface area contributed by atoms with Crippen molar-refractivity contribution in [2.24, 2.45) is 0 Å². The van der Waals surface area contributed by atoms with Gasteiger partial charge in [-0.15, -0.1) is 0 Å². The molecule has 0 unspecified atom stereocenters. The molecule has 3 rings (SSSR count). The molecule has 126 valence electrons. The van der Waals surface area contributed by atoms with E-state index in [2.05, 4.69) is 30.7 Å². The maximum atomic E-state index is 12.3. The van der Waals surface area contributed by atoms with Gasteiger partial charge in [0.1, 0.15) is 10.6 Å². The van der Waals surface area contributed by atoms with Crippen molar-refractivity contribution in [2.75, 3.05) is 31.2 Å². The quantitative estimate of drug-likeness (QED) is 0.760. The highest BCUT2D eigenvalue weighted by Gasteiger charge is 2.21. The molecule has 0 atom stereocenters. The topological polar surface area (TPSA) is 109 Å². The molecule has 3 heterocycles. The van der Waals surface area contributed by atoms with Crippen molar-refractivity contribution in [1.29, 1.82) is 0 Å². The summed E-state index contributed by atoms with van der Waals surface area (Å²) < 4.78 is 5.31. The number of hydrazine groups is 1. The number of hydrogen-bond donors (Lipinski definition) is 2. The first-order valence-corrected chi connectivity index (χ1v) is 8.13. The molecule has 2 aromatic rings.